The van der Waals surface area contributed by atoms with Crippen molar-refractivity contribution in [3.8, 4) is 0 Å². The molecule has 2 aromatic rings. The molecule has 102 valence electrons. The molecule has 1 aromatic heterocycles. The quantitative estimate of drug-likeness (QED) is 0.911. The number of rotatable bonds is 3. The lowest BCUT2D eigenvalue weighted by molar-refractivity contribution is 0.583. The van der Waals surface area contributed by atoms with Gasteiger partial charge >= 0.3 is 0 Å². The van der Waals surface area contributed by atoms with Crippen molar-refractivity contribution in [2.75, 3.05) is 10.5 Å². The van der Waals surface area contributed by atoms with Gasteiger partial charge in [-0.1, -0.05) is 11.6 Å². The van der Waals surface area contributed by atoms with Crippen LogP contribution in [0.2, 0.25) is 5.02 Å². The van der Waals surface area contributed by atoms with Gasteiger partial charge in [-0.2, -0.15) is 0 Å². The summed E-state index contributed by atoms with van der Waals surface area (Å²) in [7, 11) is -4.01. The summed E-state index contributed by atoms with van der Waals surface area (Å²) in [4.78, 5) is 0. The highest BCUT2D eigenvalue weighted by atomic mass is 35.5. The molecule has 0 aliphatic heterocycles. The molecule has 1 aromatic carbocycles. The Morgan fingerprint density at radius 1 is 1.26 bits per heavy atom. The van der Waals surface area contributed by atoms with Gasteiger partial charge in [-0.05, 0) is 12.1 Å². The smallest absolute Gasteiger partial charge is 0.271 e. The third-order valence-corrected chi connectivity index (χ3v) is 5.21. The average molecular weight is 325 g/mol. The van der Waals surface area contributed by atoms with E-state index in [0.717, 1.165) is 17.4 Å². The summed E-state index contributed by atoms with van der Waals surface area (Å²) in [6.45, 7) is 0. The Kier molecular flexibility index (Phi) is 3.66. The first-order valence-electron chi connectivity index (χ1n) is 4.81. The minimum Gasteiger partial charge on any atom is -0.398 e. The van der Waals surface area contributed by atoms with Crippen LogP contribution in [0.1, 0.15) is 0 Å². The van der Waals surface area contributed by atoms with Crippen molar-refractivity contribution in [2.45, 2.75) is 4.21 Å². The van der Waals surface area contributed by atoms with Gasteiger partial charge in [0, 0.05) is 17.1 Å². The molecule has 2 rings (SSSR count). The standard InChI is InChI=1S/C10H7ClF2N2O2S2/c11-7-1-5(12)2-8(13)10(7)15-19(16,17)9-3-6(14)4-18-9/h1-4,15H,14H2. The summed E-state index contributed by atoms with van der Waals surface area (Å²) >= 11 is 6.48. The maximum Gasteiger partial charge on any atom is 0.271 e. The minimum atomic E-state index is -4.01. The van der Waals surface area contributed by atoms with Crippen molar-refractivity contribution in [2.24, 2.45) is 0 Å². The normalized spacial score (nSPS) is 11.5. The zero-order chi connectivity index (χ0) is 14.2. The van der Waals surface area contributed by atoms with E-state index in [9.17, 15) is 17.2 Å². The lowest BCUT2D eigenvalue weighted by Gasteiger charge is -2.09. The number of sulfonamides is 1. The zero-order valence-electron chi connectivity index (χ0n) is 9.15. The van der Waals surface area contributed by atoms with Gasteiger partial charge < -0.3 is 5.73 Å². The third-order valence-electron chi connectivity index (χ3n) is 2.10. The summed E-state index contributed by atoms with van der Waals surface area (Å²) in [6, 6.07) is 2.57. The number of hydrogen-bond donors (Lipinski definition) is 2. The fourth-order valence-electron chi connectivity index (χ4n) is 1.30. The van der Waals surface area contributed by atoms with Gasteiger partial charge in [0.15, 0.2) is 5.82 Å². The largest absolute Gasteiger partial charge is 0.398 e. The van der Waals surface area contributed by atoms with E-state index in [0.29, 0.717) is 6.07 Å². The van der Waals surface area contributed by atoms with Crippen molar-refractivity contribution in [1.29, 1.82) is 0 Å². The summed E-state index contributed by atoms with van der Waals surface area (Å²) < 4.78 is 52.1. The van der Waals surface area contributed by atoms with Crippen molar-refractivity contribution < 1.29 is 17.2 Å². The maximum atomic E-state index is 13.5. The molecule has 19 heavy (non-hydrogen) atoms. The number of benzene rings is 1. The van der Waals surface area contributed by atoms with Crippen molar-refractivity contribution >= 4 is 44.3 Å². The van der Waals surface area contributed by atoms with E-state index in [1.165, 1.54) is 11.4 Å². The summed E-state index contributed by atoms with van der Waals surface area (Å²) in [5, 5.41) is 1.06. The number of thiophene rings is 1. The van der Waals surface area contributed by atoms with Crippen LogP contribution in [0, 0.1) is 11.6 Å². The Morgan fingerprint density at radius 3 is 2.47 bits per heavy atom. The average Bonchev–Trinajstić information content (AvgIpc) is 2.71. The first-order chi connectivity index (χ1) is 8.79. The van der Waals surface area contributed by atoms with Gasteiger partial charge in [0.2, 0.25) is 0 Å². The molecule has 0 bridgehead atoms. The number of nitrogen functional groups attached to an aromatic ring is 1. The van der Waals surface area contributed by atoms with E-state index < -0.39 is 27.3 Å². The second kappa shape index (κ2) is 4.95. The first kappa shape index (κ1) is 14.0. The first-order valence-corrected chi connectivity index (χ1v) is 7.55. The molecule has 0 spiro atoms. The van der Waals surface area contributed by atoms with E-state index in [2.05, 4.69) is 0 Å². The Morgan fingerprint density at radius 2 is 1.95 bits per heavy atom. The molecule has 0 saturated heterocycles. The fourth-order valence-corrected chi connectivity index (χ4v) is 3.76. The highest BCUT2D eigenvalue weighted by Gasteiger charge is 2.20. The van der Waals surface area contributed by atoms with E-state index in [4.69, 9.17) is 17.3 Å². The van der Waals surface area contributed by atoms with Crippen LogP contribution in [-0.2, 0) is 10.0 Å². The van der Waals surface area contributed by atoms with Gasteiger partial charge in [0.05, 0.1) is 5.02 Å². The van der Waals surface area contributed by atoms with E-state index in [1.807, 2.05) is 4.72 Å². The number of anilines is 2. The Labute approximate surface area is 116 Å². The van der Waals surface area contributed by atoms with Crippen LogP contribution in [-0.4, -0.2) is 8.42 Å². The Balaban J connectivity index is 2.41. The molecule has 1 heterocycles. The SMILES string of the molecule is Nc1csc(S(=O)(=O)Nc2c(F)cc(F)cc2Cl)c1. The fraction of sp³-hybridized carbons (Fsp3) is 0. The maximum absolute atomic E-state index is 13.5. The van der Waals surface area contributed by atoms with Crippen LogP contribution >= 0.6 is 22.9 Å². The predicted molar refractivity (Wildman–Crippen MR) is 70.9 cm³/mol. The highest BCUT2D eigenvalue weighted by molar-refractivity contribution is 7.94. The molecular weight excluding hydrogens is 318 g/mol. The monoisotopic (exact) mass is 324 g/mol. The number of halogens is 3. The molecule has 0 aliphatic rings. The highest BCUT2D eigenvalue weighted by Crippen LogP contribution is 2.30. The number of hydrogen-bond acceptors (Lipinski definition) is 4. The topological polar surface area (TPSA) is 72.2 Å². The van der Waals surface area contributed by atoms with Crippen LogP contribution in [0.3, 0.4) is 0 Å². The molecule has 0 unspecified atom stereocenters. The Bertz CT molecular complexity index is 708. The number of nitrogens with one attached hydrogen (secondary N) is 1. The molecule has 4 nitrogen and oxygen atoms in total. The van der Waals surface area contributed by atoms with Crippen LogP contribution < -0.4 is 10.5 Å². The molecule has 0 amide bonds. The molecular formula is C10H7ClF2N2O2S2. The lowest BCUT2D eigenvalue weighted by atomic mass is 10.3. The van der Waals surface area contributed by atoms with Crippen molar-refractivity contribution in [3.63, 3.8) is 0 Å². The molecule has 9 heteroatoms. The molecule has 0 radical (unpaired) electrons. The molecule has 0 saturated carbocycles. The van der Waals surface area contributed by atoms with Crippen LogP contribution in [0.15, 0.2) is 27.8 Å². The molecule has 0 fully saturated rings. The molecule has 3 N–H and O–H groups in total. The van der Waals surface area contributed by atoms with Crippen molar-refractivity contribution in [3.05, 3.63) is 40.2 Å². The predicted octanol–water partition coefficient (Wildman–Crippen LogP) is 3.06. The molecule has 0 aliphatic carbocycles. The zero-order valence-corrected chi connectivity index (χ0v) is 11.5. The van der Waals surface area contributed by atoms with Gasteiger partial charge in [0.25, 0.3) is 10.0 Å². The minimum absolute atomic E-state index is 0.0928. The van der Waals surface area contributed by atoms with Crippen LogP contribution in [0.4, 0.5) is 20.2 Å². The second-order valence-corrected chi connectivity index (χ2v) is 6.78. The lowest BCUT2D eigenvalue weighted by Crippen LogP contribution is -2.13. The van der Waals surface area contributed by atoms with Crippen LogP contribution in [0.5, 0.6) is 0 Å². The van der Waals surface area contributed by atoms with E-state index in [-0.39, 0.29) is 14.9 Å². The summed E-state index contributed by atoms with van der Waals surface area (Å²) in [5.41, 5.74) is 5.19. The van der Waals surface area contributed by atoms with Gasteiger partial charge in [-0.3, -0.25) is 4.72 Å². The summed E-state index contributed by atoms with van der Waals surface area (Å²) in [6.07, 6.45) is 0. The summed E-state index contributed by atoms with van der Waals surface area (Å²) in [5.74, 6) is -2.00. The van der Waals surface area contributed by atoms with Crippen LogP contribution in [0.25, 0.3) is 0 Å². The molecule has 0 atom stereocenters. The van der Waals surface area contributed by atoms with Gasteiger partial charge in [-0.15, -0.1) is 11.3 Å². The number of nitrogens with two attached hydrogens (primary N) is 1. The van der Waals surface area contributed by atoms with E-state index >= 15 is 0 Å². The van der Waals surface area contributed by atoms with E-state index in [1.54, 1.807) is 0 Å². The Hall–Kier alpha value is -1.38. The second-order valence-electron chi connectivity index (χ2n) is 3.55. The van der Waals surface area contributed by atoms with Crippen molar-refractivity contribution in [1.82, 2.24) is 0 Å². The van der Waals surface area contributed by atoms with Gasteiger partial charge in [-0.25, -0.2) is 17.2 Å². The third kappa shape index (κ3) is 2.96. The van der Waals surface area contributed by atoms with Gasteiger partial charge in [0.1, 0.15) is 15.7 Å².